The summed E-state index contributed by atoms with van der Waals surface area (Å²) in [4.78, 5) is 14.5. The third-order valence-corrected chi connectivity index (χ3v) is 7.07. The van der Waals surface area contributed by atoms with Gasteiger partial charge in [0.2, 0.25) is 5.91 Å². The number of carbonyl (C=O) groups excluding carboxylic acids is 1. The first kappa shape index (κ1) is 19.5. The summed E-state index contributed by atoms with van der Waals surface area (Å²) in [6, 6.07) is 0. The Labute approximate surface area is 136 Å². The average Bonchev–Trinajstić information content (AvgIpc) is 2.45. The molecular formula is C17H33NO3S. The molecule has 1 heterocycles. The molecule has 1 rings (SSSR count). The van der Waals surface area contributed by atoms with Gasteiger partial charge in [-0.2, -0.15) is 0 Å². The van der Waals surface area contributed by atoms with Crippen molar-refractivity contribution in [2.75, 3.05) is 18.8 Å². The molecule has 0 atom stereocenters. The highest BCUT2D eigenvalue weighted by atomic mass is 32.2. The Balaban J connectivity index is 2.59. The molecule has 0 saturated carbocycles. The Morgan fingerprint density at radius 1 is 1.09 bits per heavy atom. The minimum Gasteiger partial charge on any atom is -0.342 e. The zero-order valence-corrected chi connectivity index (χ0v) is 15.5. The van der Waals surface area contributed by atoms with E-state index in [1.807, 2.05) is 18.7 Å². The largest absolute Gasteiger partial charge is 0.342 e. The first-order chi connectivity index (χ1) is 10.3. The van der Waals surface area contributed by atoms with Gasteiger partial charge >= 0.3 is 0 Å². The van der Waals surface area contributed by atoms with Gasteiger partial charge in [0.25, 0.3) is 0 Å². The Morgan fingerprint density at radius 3 is 2.00 bits per heavy atom. The standard InChI is InChI=1S/C17H33NO3S/c1-5-7-15(8-6-2)17(19)18-11-9-16(10-12-18)22(20,21)13-14(3)4/h14-16H,5-13H2,1-4H3. The van der Waals surface area contributed by atoms with Crippen molar-refractivity contribution < 1.29 is 13.2 Å². The van der Waals surface area contributed by atoms with Crippen molar-refractivity contribution in [1.29, 1.82) is 0 Å². The van der Waals surface area contributed by atoms with Crippen LogP contribution < -0.4 is 0 Å². The Hall–Kier alpha value is -0.580. The number of nitrogens with zero attached hydrogens (tertiary/aromatic N) is 1. The molecule has 0 N–H and O–H groups in total. The lowest BCUT2D eigenvalue weighted by molar-refractivity contribution is -0.136. The third-order valence-electron chi connectivity index (χ3n) is 4.45. The highest BCUT2D eigenvalue weighted by Crippen LogP contribution is 2.24. The van der Waals surface area contributed by atoms with Crippen molar-refractivity contribution in [1.82, 2.24) is 4.90 Å². The lowest BCUT2D eigenvalue weighted by Gasteiger charge is -2.34. The molecule has 0 aromatic heterocycles. The van der Waals surface area contributed by atoms with Gasteiger partial charge in [-0.1, -0.05) is 40.5 Å². The minimum absolute atomic E-state index is 0.124. The summed E-state index contributed by atoms with van der Waals surface area (Å²) in [5.41, 5.74) is 0. The van der Waals surface area contributed by atoms with Crippen LogP contribution in [0.2, 0.25) is 0 Å². The maximum atomic E-state index is 12.6. The maximum absolute atomic E-state index is 12.6. The van der Waals surface area contributed by atoms with Crippen LogP contribution in [0.3, 0.4) is 0 Å². The van der Waals surface area contributed by atoms with Gasteiger partial charge in [0.1, 0.15) is 0 Å². The summed E-state index contributed by atoms with van der Waals surface area (Å²) >= 11 is 0. The smallest absolute Gasteiger partial charge is 0.225 e. The second kappa shape index (κ2) is 8.90. The van der Waals surface area contributed by atoms with Gasteiger partial charge in [0.05, 0.1) is 11.0 Å². The zero-order chi connectivity index (χ0) is 16.8. The van der Waals surface area contributed by atoms with E-state index >= 15 is 0 Å². The fraction of sp³-hybridized carbons (Fsp3) is 0.941. The van der Waals surface area contributed by atoms with Gasteiger partial charge in [0, 0.05) is 19.0 Å². The Morgan fingerprint density at radius 2 is 1.59 bits per heavy atom. The zero-order valence-electron chi connectivity index (χ0n) is 14.7. The third kappa shape index (κ3) is 5.56. The molecule has 0 aromatic carbocycles. The number of hydrogen-bond acceptors (Lipinski definition) is 3. The molecule has 0 radical (unpaired) electrons. The van der Waals surface area contributed by atoms with Crippen molar-refractivity contribution in [3.8, 4) is 0 Å². The number of likely N-dealkylation sites (tertiary alicyclic amines) is 1. The van der Waals surface area contributed by atoms with E-state index in [0.29, 0.717) is 25.9 Å². The molecule has 22 heavy (non-hydrogen) atoms. The van der Waals surface area contributed by atoms with E-state index in [2.05, 4.69) is 13.8 Å². The topological polar surface area (TPSA) is 54.5 Å². The van der Waals surface area contributed by atoms with Gasteiger partial charge in [-0.3, -0.25) is 4.79 Å². The molecule has 5 heteroatoms. The number of piperidine rings is 1. The van der Waals surface area contributed by atoms with Crippen molar-refractivity contribution in [3.63, 3.8) is 0 Å². The van der Waals surface area contributed by atoms with Gasteiger partial charge in [0.15, 0.2) is 9.84 Å². The van der Waals surface area contributed by atoms with E-state index in [0.717, 1.165) is 25.7 Å². The minimum atomic E-state index is -3.01. The van der Waals surface area contributed by atoms with Crippen LogP contribution in [-0.4, -0.2) is 43.3 Å². The monoisotopic (exact) mass is 331 g/mol. The summed E-state index contributed by atoms with van der Waals surface area (Å²) in [5.74, 6) is 0.797. The van der Waals surface area contributed by atoms with Gasteiger partial charge in [-0.05, 0) is 31.6 Å². The summed E-state index contributed by atoms with van der Waals surface area (Å²) < 4.78 is 24.6. The lowest BCUT2D eigenvalue weighted by Crippen LogP contribution is -2.45. The molecule has 0 aliphatic carbocycles. The predicted octanol–water partition coefficient (Wildman–Crippen LogP) is 3.26. The molecule has 1 saturated heterocycles. The van der Waals surface area contributed by atoms with Crippen LogP contribution in [0.1, 0.15) is 66.2 Å². The molecule has 130 valence electrons. The maximum Gasteiger partial charge on any atom is 0.225 e. The first-order valence-electron chi connectivity index (χ1n) is 8.82. The number of rotatable bonds is 8. The van der Waals surface area contributed by atoms with Crippen LogP contribution in [0.5, 0.6) is 0 Å². The first-order valence-corrected chi connectivity index (χ1v) is 10.5. The molecule has 1 amide bonds. The number of sulfone groups is 1. The van der Waals surface area contributed by atoms with Crippen molar-refractivity contribution in [2.24, 2.45) is 11.8 Å². The highest BCUT2D eigenvalue weighted by molar-refractivity contribution is 7.92. The van der Waals surface area contributed by atoms with Crippen molar-refractivity contribution >= 4 is 15.7 Å². The molecule has 0 spiro atoms. The second-order valence-corrected chi connectivity index (χ2v) is 9.35. The summed E-state index contributed by atoms with van der Waals surface area (Å²) in [6.07, 6.45) is 5.14. The Bertz CT molecular complexity index is 431. The molecule has 4 nitrogen and oxygen atoms in total. The summed E-state index contributed by atoms with van der Waals surface area (Å²) in [6.45, 7) is 9.31. The quantitative estimate of drug-likeness (QED) is 0.686. The number of carbonyl (C=O) groups is 1. The molecule has 0 aromatic rings. The molecule has 1 aliphatic heterocycles. The molecular weight excluding hydrogens is 298 g/mol. The molecule has 1 aliphatic rings. The van der Waals surface area contributed by atoms with E-state index in [1.54, 1.807) is 0 Å². The second-order valence-electron chi connectivity index (χ2n) is 7.02. The van der Waals surface area contributed by atoms with Crippen molar-refractivity contribution in [2.45, 2.75) is 71.5 Å². The van der Waals surface area contributed by atoms with Crippen LogP contribution in [0.4, 0.5) is 0 Å². The van der Waals surface area contributed by atoms with Crippen LogP contribution in [0.25, 0.3) is 0 Å². The lowest BCUT2D eigenvalue weighted by atomic mass is 9.95. The number of hydrogen-bond donors (Lipinski definition) is 0. The molecule has 1 fully saturated rings. The van der Waals surface area contributed by atoms with Crippen LogP contribution >= 0.6 is 0 Å². The number of amides is 1. The van der Waals surface area contributed by atoms with Gasteiger partial charge in [-0.15, -0.1) is 0 Å². The van der Waals surface area contributed by atoms with Crippen LogP contribution in [0.15, 0.2) is 0 Å². The van der Waals surface area contributed by atoms with E-state index in [-0.39, 0.29) is 28.7 Å². The average molecular weight is 332 g/mol. The van der Waals surface area contributed by atoms with Crippen LogP contribution in [0, 0.1) is 11.8 Å². The van der Waals surface area contributed by atoms with E-state index < -0.39 is 9.84 Å². The van der Waals surface area contributed by atoms with Crippen LogP contribution in [-0.2, 0) is 14.6 Å². The van der Waals surface area contributed by atoms with Crippen molar-refractivity contribution in [3.05, 3.63) is 0 Å². The van der Waals surface area contributed by atoms with Gasteiger partial charge in [-0.25, -0.2) is 8.42 Å². The fourth-order valence-corrected chi connectivity index (χ4v) is 5.51. The Kier molecular flexibility index (Phi) is 7.87. The highest BCUT2D eigenvalue weighted by Gasteiger charge is 2.33. The van der Waals surface area contributed by atoms with Gasteiger partial charge < -0.3 is 4.90 Å². The normalized spacial score (nSPS) is 17.5. The molecule has 0 bridgehead atoms. The summed E-state index contributed by atoms with van der Waals surface area (Å²) in [5, 5.41) is -0.255. The summed E-state index contributed by atoms with van der Waals surface area (Å²) in [7, 11) is -3.01. The SMILES string of the molecule is CCCC(CCC)C(=O)N1CCC(S(=O)(=O)CC(C)C)CC1. The molecule has 0 unspecified atom stereocenters. The van der Waals surface area contributed by atoms with E-state index in [1.165, 1.54) is 0 Å². The predicted molar refractivity (Wildman–Crippen MR) is 91.5 cm³/mol. The van der Waals surface area contributed by atoms with E-state index in [4.69, 9.17) is 0 Å². The fourth-order valence-electron chi connectivity index (χ4n) is 3.38. The van der Waals surface area contributed by atoms with E-state index in [9.17, 15) is 13.2 Å².